The minimum atomic E-state index is -3.85. The van der Waals surface area contributed by atoms with Gasteiger partial charge in [-0.3, -0.25) is 13.9 Å². The SMILES string of the molecule is CCCCNC(=O)C(CC)N(Cc1ccccc1Cl)C(=O)CN(c1ccccc1Cl)S(C)(=O)=O. The maximum absolute atomic E-state index is 13.6. The van der Waals surface area contributed by atoms with Crippen molar-refractivity contribution in [1.29, 1.82) is 0 Å². The van der Waals surface area contributed by atoms with Gasteiger partial charge in [-0.2, -0.15) is 0 Å². The number of carbonyl (C=O) groups is 2. The monoisotopic (exact) mass is 527 g/mol. The quantitative estimate of drug-likeness (QED) is 0.412. The molecule has 7 nitrogen and oxygen atoms in total. The van der Waals surface area contributed by atoms with Crippen LogP contribution in [-0.4, -0.2) is 50.5 Å². The number of rotatable bonds is 12. The zero-order chi connectivity index (χ0) is 25.3. The van der Waals surface area contributed by atoms with Crippen molar-refractivity contribution >= 4 is 50.7 Å². The number of anilines is 1. The van der Waals surface area contributed by atoms with Crippen LogP contribution >= 0.6 is 23.2 Å². The Morgan fingerprint density at radius 2 is 1.62 bits per heavy atom. The summed E-state index contributed by atoms with van der Waals surface area (Å²) in [5.41, 5.74) is 0.846. The van der Waals surface area contributed by atoms with Crippen molar-refractivity contribution in [1.82, 2.24) is 10.2 Å². The smallest absolute Gasteiger partial charge is 0.244 e. The van der Waals surface area contributed by atoms with Crippen LogP contribution in [0.3, 0.4) is 0 Å². The molecule has 0 aliphatic rings. The highest BCUT2D eigenvalue weighted by atomic mass is 35.5. The van der Waals surface area contributed by atoms with Crippen molar-refractivity contribution < 1.29 is 18.0 Å². The fourth-order valence-electron chi connectivity index (χ4n) is 3.48. The second-order valence-electron chi connectivity index (χ2n) is 7.90. The van der Waals surface area contributed by atoms with Gasteiger partial charge < -0.3 is 10.2 Å². The summed E-state index contributed by atoms with van der Waals surface area (Å²) in [6.45, 7) is 3.86. The van der Waals surface area contributed by atoms with E-state index in [0.29, 0.717) is 23.6 Å². The molecular weight excluding hydrogens is 497 g/mol. The van der Waals surface area contributed by atoms with Gasteiger partial charge in [0.2, 0.25) is 21.8 Å². The Kier molecular flexibility index (Phi) is 10.7. The van der Waals surface area contributed by atoms with Crippen LogP contribution in [0.2, 0.25) is 10.0 Å². The predicted octanol–water partition coefficient (Wildman–Crippen LogP) is 4.48. The first-order valence-electron chi connectivity index (χ1n) is 11.1. The summed E-state index contributed by atoms with van der Waals surface area (Å²) < 4.78 is 26.2. The lowest BCUT2D eigenvalue weighted by atomic mass is 10.1. The van der Waals surface area contributed by atoms with Gasteiger partial charge in [0.1, 0.15) is 12.6 Å². The van der Waals surface area contributed by atoms with E-state index >= 15 is 0 Å². The number of halogens is 2. The number of sulfonamides is 1. The molecule has 0 aliphatic heterocycles. The molecular formula is C24H31Cl2N3O4S. The van der Waals surface area contributed by atoms with Crippen molar-refractivity contribution in [2.24, 2.45) is 0 Å². The number of amides is 2. The number of nitrogens with one attached hydrogen (secondary N) is 1. The van der Waals surface area contributed by atoms with Crippen molar-refractivity contribution in [3.63, 3.8) is 0 Å². The zero-order valence-electron chi connectivity index (χ0n) is 19.6. The largest absolute Gasteiger partial charge is 0.354 e. The molecule has 34 heavy (non-hydrogen) atoms. The van der Waals surface area contributed by atoms with E-state index in [1.807, 2.05) is 6.92 Å². The molecule has 0 aliphatic carbocycles. The number of hydrogen-bond donors (Lipinski definition) is 1. The third-order valence-electron chi connectivity index (χ3n) is 5.31. The van der Waals surface area contributed by atoms with Crippen LogP contribution in [0.4, 0.5) is 5.69 Å². The highest BCUT2D eigenvalue weighted by Crippen LogP contribution is 2.28. The molecule has 2 rings (SSSR count). The Morgan fingerprint density at radius 3 is 2.18 bits per heavy atom. The minimum Gasteiger partial charge on any atom is -0.354 e. The van der Waals surface area contributed by atoms with E-state index < -0.39 is 28.5 Å². The molecule has 0 heterocycles. The van der Waals surface area contributed by atoms with Crippen LogP contribution in [0.25, 0.3) is 0 Å². The van der Waals surface area contributed by atoms with Crippen molar-refractivity contribution in [3.05, 3.63) is 64.1 Å². The molecule has 0 fully saturated rings. The second kappa shape index (κ2) is 13.0. The Labute approximate surface area is 212 Å². The number of benzene rings is 2. The Bertz CT molecular complexity index is 1100. The van der Waals surface area contributed by atoms with Gasteiger partial charge >= 0.3 is 0 Å². The van der Waals surface area contributed by atoms with Gasteiger partial charge in [-0.25, -0.2) is 8.42 Å². The van der Waals surface area contributed by atoms with E-state index in [-0.39, 0.29) is 23.2 Å². The first kappa shape index (κ1) is 28.0. The molecule has 2 aromatic rings. The summed E-state index contributed by atoms with van der Waals surface area (Å²) in [6.07, 6.45) is 3.09. The third-order valence-corrected chi connectivity index (χ3v) is 7.13. The number of para-hydroxylation sites is 1. The van der Waals surface area contributed by atoms with Crippen molar-refractivity contribution in [2.45, 2.75) is 45.7 Å². The van der Waals surface area contributed by atoms with Crippen LogP contribution in [0.5, 0.6) is 0 Å². The molecule has 2 aromatic carbocycles. The van der Waals surface area contributed by atoms with E-state index in [0.717, 1.165) is 23.4 Å². The average Bonchev–Trinajstić information content (AvgIpc) is 2.78. The van der Waals surface area contributed by atoms with Gasteiger partial charge in [-0.05, 0) is 36.6 Å². The van der Waals surface area contributed by atoms with Gasteiger partial charge in [0, 0.05) is 18.1 Å². The lowest BCUT2D eigenvalue weighted by Gasteiger charge is -2.33. The highest BCUT2D eigenvalue weighted by Gasteiger charge is 2.32. The fourth-order valence-corrected chi connectivity index (χ4v) is 4.83. The fraction of sp³-hybridized carbons (Fsp3) is 0.417. The van der Waals surface area contributed by atoms with Crippen LogP contribution in [0.15, 0.2) is 48.5 Å². The van der Waals surface area contributed by atoms with Gasteiger partial charge in [0.05, 0.1) is 17.0 Å². The molecule has 1 unspecified atom stereocenters. The third kappa shape index (κ3) is 7.61. The van der Waals surface area contributed by atoms with Crippen molar-refractivity contribution in [3.8, 4) is 0 Å². The molecule has 0 saturated heterocycles. The predicted molar refractivity (Wildman–Crippen MR) is 138 cm³/mol. The Balaban J connectivity index is 2.43. The van der Waals surface area contributed by atoms with E-state index in [1.165, 1.54) is 11.0 Å². The van der Waals surface area contributed by atoms with E-state index in [9.17, 15) is 18.0 Å². The molecule has 0 radical (unpaired) electrons. The summed E-state index contributed by atoms with van der Waals surface area (Å²) in [7, 11) is -3.85. The van der Waals surface area contributed by atoms with Gasteiger partial charge in [0.25, 0.3) is 0 Å². The van der Waals surface area contributed by atoms with Gasteiger partial charge in [0.15, 0.2) is 0 Å². The number of nitrogens with zero attached hydrogens (tertiary/aromatic N) is 2. The molecule has 1 N–H and O–H groups in total. The van der Waals surface area contributed by atoms with Crippen LogP contribution in [-0.2, 0) is 26.2 Å². The maximum atomic E-state index is 13.6. The van der Waals surface area contributed by atoms with E-state index in [2.05, 4.69) is 5.32 Å². The Morgan fingerprint density at radius 1 is 1.00 bits per heavy atom. The van der Waals surface area contributed by atoms with Crippen LogP contribution in [0.1, 0.15) is 38.7 Å². The maximum Gasteiger partial charge on any atom is 0.244 e. The normalized spacial score (nSPS) is 12.1. The highest BCUT2D eigenvalue weighted by molar-refractivity contribution is 7.92. The molecule has 0 aromatic heterocycles. The molecule has 0 spiro atoms. The summed E-state index contributed by atoms with van der Waals surface area (Å²) in [5.74, 6) is -0.831. The van der Waals surface area contributed by atoms with Gasteiger partial charge in [-0.15, -0.1) is 0 Å². The lowest BCUT2D eigenvalue weighted by Crippen LogP contribution is -2.52. The first-order chi connectivity index (χ1) is 16.1. The summed E-state index contributed by atoms with van der Waals surface area (Å²) in [4.78, 5) is 28.0. The minimum absolute atomic E-state index is 0.0539. The topological polar surface area (TPSA) is 86.8 Å². The van der Waals surface area contributed by atoms with E-state index in [4.69, 9.17) is 23.2 Å². The molecule has 186 valence electrons. The number of unbranched alkanes of at least 4 members (excludes halogenated alkanes) is 1. The average molecular weight is 529 g/mol. The zero-order valence-corrected chi connectivity index (χ0v) is 22.0. The first-order valence-corrected chi connectivity index (χ1v) is 13.7. The molecule has 1 atom stereocenters. The summed E-state index contributed by atoms with van der Waals surface area (Å²) in [6, 6.07) is 12.6. The second-order valence-corrected chi connectivity index (χ2v) is 10.6. The molecule has 0 saturated carbocycles. The van der Waals surface area contributed by atoms with Crippen LogP contribution in [0, 0.1) is 0 Å². The molecule has 2 amide bonds. The number of hydrogen-bond acceptors (Lipinski definition) is 4. The van der Waals surface area contributed by atoms with Crippen LogP contribution < -0.4 is 9.62 Å². The van der Waals surface area contributed by atoms with Crippen molar-refractivity contribution in [2.75, 3.05) is 23.7 Å². The number of carbonyl (C=O) groups excluding carboxylic acids is 2. The van der Waals surface area contributed by atoms with E-state index in [1.54, 1.807) is 49.4 Å². The van der Waals surface area contributed by atoms with Gasteiger partial charge in [-0.1, -0.05) is 73.8 Å². The molecule has 10 heteroatoms. The lowest BCUT2D eigenvalue weighted by molar-refractivity contribution is -0.140. The Hall–Kier alpha value is -2.29. The molecule has 0 bridgehead atoms. The summed E-state index contributed by atoms with van der Waals surface area (Å²) >= 11 is 12.6. The standard InChI is InChI=1S/C24H31Cl2N3O4S/c1-4-6-15-27-24(31)21(5-2)28(16-18-11-7-8-12-19(18)25)23(30)17-29(34(3,32)33)22-14-10-9-13-20(22)26/h7-14,21H,4-6,15-17H2,1-3H3,(H,27,31). The summed E-state index contributed by atoms with van der Waals surface area (Å²) in [5, 5.41) is 3.52.